The first-order chi connectivity index (χ1) is 12.7. The van der Waals surface area contributed by atoms with Gasteiger partial charge in [-0.3, -0.25) is 4.57 Å². The first-order valence-electron chi connectivity index (χ1n) is 10.4. The van der Waals surface area contributed by atoms with E-state index in [0.717, 1.165) is 12.8 Å². The van der Waals surface area contributed by atoms with Gasteiger partial charge in [0.05, 0.1) is 27.7 Å². The average Bonchev–Trinajstić information content (AvgIpc) is 2.57. The summed E-state index contributed by atoms with van der Waals surface area (Å²) in [5, 5.41) is 0. The Labute approximate surface area is 166 Å². The molecule has 7 nitrogen and oxygen atoms in total. The predicted molar refractivity (Wildman–Crippen MR) is 108 cm³/mol. The van der Waals surface area contributed by atoms with Crippen molar-refractivity contribution in [3.8, 4) is 0 Å². The number of hydrogen-bond donors (Lipinski definition) is 1. The lowest BCUT2D eigenvalue weighted by Gasteiger charge is -2.29. The van der Waals surface area contributed by atoms with Crippen LogP contribution in [-0.4, -0.2) is 64.6 Å². The number of likely N-dealkylation sites (N-methyl/N-ethyl adjacent to an activating group) is 1. The number of unbranched alkanes of at least 4 members (excludes halogenated alkanes) is 8. The summed E-state index contributed by atoms with van der Waals surface area (Å²) >= 11 is 0. The fourth-order valence-electron chi connectivity index (χ4n) is 2.51. The normalized spacial score (nSPS) is 15.6. The molecule has 0 fully saturated rings. The molecule has 0 aliphatic carbocycles. The molecule has 0 saturated heterocycles. The zero-order valence-corrected chi connectivity index (χ0v) is 18.9. The van der Waals surface area contributed by atoms with Crippen molar-refractivity contribution in [2.24, 2.45) is 5.73 Å². The quantitative estimate of drug-likeness (QED) is 0.200. The Balaban J connectivity index is 3.72. The second kappa shape index (κ2) is 15.9. The van der Waals surface area contributed by atoms with Crippen molar-refractivity contribution >= 4 is 7.82 Å². The smallest absolute Gasteiger partial charge is 0.268 e. The second-order valence-electron chi connectivity index (χ2n) is 8.16. The summed E-state index contributed by atoms with van der Waals surface area (Å²) < 4.78 is 27.9. The number of nitrogens with zero attached hydrogens (tertiary/aromatic N) is 1. The van der Waals surface area contributed by atoms with Crippen LogP contribution in [0.2, 0.25) is 0 Å². The van der Waals surface area contributed by atoms with Crippen molar-refractivity contribution in [1.82, 2.24) is 0 Å². The first kappa shape index (κ1) is 27.0. The summed E-state index contributed by atoms with van der Waals surface area (Å²) in [6.07, 6.45) is 10.5. The zero-order chi connectivity index (χ0) is 20.6. The molecule has 0 aromatic carbocycles. The molecule has 27 heavy (non-hydrogen) atoms. The molecule has 2 N–H and O–H groups in total. The molecule has 8 heteroatoms. The van der Waals surface area contributed by atoms with Gasteiger partial charge in [-0.05, 0) is 6.42 Å². The third kappa shape index (κ3) is 19.1. The number of quaternary nitrogens is 1. The molecule has 0 spiro atoms. The standard InChI is InChI=1S/C19H43N2O5P/c1-5-6-7-8-9-10-11-12-13-15-24-18-19(17-20)26-27(22,23)25-16-14-21(2,3)4/h19H,5-18,20H2,1-4H3. The van der Waals surface area contributed by atoms with Crippen LogP contribution in [-0.2, 0) is 18.3 Å². The molecule has 0 aromatic rings. The highest BCUT2D eigenvalue weighted by Gasteiger charge is 2.19. The fourth-order valence-corrected chi connectivity index (χ4v) is 3.39. The van der Waals surface area contributed by atoms with Gasteiger partial charge < -0.3 is 28.9 Å². The largest absolute Gasteiger partial charge is 0.756 e. The summed E-state index contributed by atoms with van der Waals surface area (Å²) in [5.74, 6) is 0. The van der Waals surface area contributed by atoms with Crippen LogP contribution in [0.4, 0.5) is 0 Å². The maximum absolute atomic E-state index is 11.9. The molecule has 164 valence electrons. The Kier molecular flexibility index (Phi) is 15.9. The second-order valence-corrected chi connectivity index (χ2v) is 9.52. The molecule has 2 unspecified atom stereocenters. The lowest BCUT2D eigenvalue weighted by molar-refractivity contribution is -0.870. The molecule has 0 amide bonds. The number of nitrogens with two attached hydrogens (primary N) is 1. The van der Waals surface area contributed by atoms with E-state index < -0.39 is 13.9 Å². The first-order valence-corrected chi connectivity index (χ1v) is 11.9. The van der Waals surface area contributed by atoms with Crippen LogP contribution in [0, 0.1) is 0 Å². The lowest BCUT2D eigenvalue weighted by atomic mass is 10.1. The molecule has 0 radical (unpaired) electrons. The maximum atomic E-state index is 11.9. The Bertz CT molecular complexity index is 391. The van der Waals surface area contributed by atoms with Crippen molar-refractivity contribution in [3.63, 3.8) is 0 Å². The highest BCUT2D eigenvalue weighted by molar-refractivity contribution is 7.45. The number of phosphoric ester groups is 1. The van der Waals surface area contributed by atoms with Crippen LogP contribution in [0.3, 0.4) is 0 Å². The Morgan fingerprint density at radius 2 is 1.52 bits per heavy atom. The minimum absolute atomic E-state index is 0.0721. The van der Waals surface area contributed by atoms with Gasteiger partial charge in [-0.1, -0.05) is 58.3 Å². The molecule has 0 saturated carbocycles. The van der Waals surface area contributed by atoms with Crippen molar-refractivity contribution in [1.29, 1.82) is 0 Å². The third-order valence-corrected chi connectivity index (χ3v) is 5.30. The van der Waals surface area contributed by atoms with Crippen molar-refractivity contribution in [2.75, 3.05) is 54.1 Å². The summed E-state index contributed by atoms with van der Waals surface area (Å²) in [6.45, 7) is 3.72. The van der Waals surface area contributed by atoms with E-state index in [1.807, 2.05) is 21.1 Å². The summed E-state index contributed by atoms with van der Waals surface area (Å²) in [4.78, 5) is 11.9. The topological polar surface area (TPSA) is 93.8 Å². The SMILES string of the molecule is CCCCCCCCCCCOCC(CN)OP(=O)([O-])OCC[N+](C)(C)C. The Morgan fingerprint density at radius 3 is 2.04 bits per heavy atom. The summed E-state index contributed by atoms with van der Waals surface area (Å²) in [5.41, 5.74) is 5.58. The average molecular weight is 411 g/mol. The molecule has 0 aliphatic rings. The third-order valence-electron chi connectivity index (χ3n) is 4.25. The Morgan fingerprint density at radius 1 is 0.963 bits per heavy atom. The molecular weight excluding hydrogens is 367 g/mol. The van der Waals surface area contributed by atoms with E-state index in [1.54, 1.807) is 0 Å². The van der Waals surface area contributed by atoms with Gasteiger partial charge in [0.15, 0.2) is 0 Å². The van der Waals surface area contributed by atoms with Crippen LogP contribution in [0.1, 0.15) is 64.7 Å². The minimum Gasteiger partial charge on any atom is -0.756 e. The molecule has 0 aliphatic heterocycles. The summed E-state index contributed by atoms with van der Waals surface area (Å²) in [7, 11) is 1.53. The van der Waals surface area contributed by atoms with Crippen LogP contribution in [0.15, 0.2) is 0 Å². The predicted octanol–water partition coefficient (Wildman–Crippen LogP) is 3.07. The lowest BCUT2D eigenvalue weighted by Crippen LogP contribution is -2.38. The number of rotatable bonds is 19. The number of hydrogen-bond acceptors (Lipinski definition) is 6. The van der Waals surface area contributed by atoms with Gasteiger partial charge in [0, 0.05) is 13.2 Å². The fraction of sp³-hybridized carbons (Fsp3) is 1.00. The van der Waals surface area contributed by atoms with Crippen molar-refractivity contribution in [2.45, 2.75) is 70.8 Å². The van der Waals surface area contributed by atoms with E-state index in [2.05, 4.69) is 6.92 Å². The van der Waals surface area contributed by atoms with Crippen LogP contribution >= 0.6 is 7.82 Å². The van der Waals surface area contributed by atoms with Crippen molar-refractivity contribution in [3.05, 3.63) is 0 Å². The molecule has 0 rings (SSSR count). The van der Waals surface area contributed by atoms with E-state index in [1.165, 1.54) is 44.9 Å². The summed E-state index contributed by atoms with van der Waals surface area (Å²) in [6, 6.07) is 0. The van der Waals surface area contributed by atoms with E-state index in [0.29, 0.717) is 17.6 Å². The molecule has 2 atom stereocenters. The Hall–Kier alpha value is -0.0100. The van der Waals surface area contributed by atoms with Gasteiger partial charge in [0.2, 0.25) is 0 Å². The van der Waals surface area contributed by atoms with Gasteiger partial charge in [-0.25, -0.2) is 0 Å². The van der Waals surface area contributed by atoms with Crippen LogP contribution in [0.5, 0.6) is 0 Å². The highest BCUT2D eigenvalue weighted by Crippen LogP contribution is 2.39. The highest BCUT2D eigenvalue weighted by atomic mass is 31.2. The van der Waals surface area contributed by atoms with E-state index >= 15 is 0 Å². The number of ether oxygens (including phenoxy) is 1. The van der Waals surface area contributed by atoms with Crippen LogP contribution in [0.25, 0.3) is 0 Å². The molecule has 0 aromatic heterocycles. The zero-order valence-electron chi connectivity index (χ0n) is 18.0. The maximum Gasteiger partial charge on any atom is 0.268 e. The van der Waals surface area contributed by atoms with E-state index in [-0.39, 0.29) is 19.8 Å². The van der Waals surface area contributed by atoms with E-state index in [4.69, 9.17) is 19.5 Å². The molecular formula is C19H43N2O5P. The van der Waals surface area contributed by atoms with Gasteiger partial charge >= 0.3 is 0 Å². The minimum atomic E-state index is -4.35. The van der Waals surface area contributed by atoms with Gasteiger partial charge in [-0.15, -0.1) is 0 Å². The van der Waals surface area contributed by atoms with Gasteiger partial charge in [-0.2, -0.15) is 0 Å². The number of phosphoric acid groups is 1. The van der Waals surface area contributed by atoms with Crippen LogP contribution < -0.4 is 10.6 Å². The van der Waals surface area contributed by atoms with E-state index in [9.17, 15) is 9.46 Å². The van der Waals surface area contributed by atoms with Crippen molar-refractivity contribution < 1.29 is 27.7 Å². The monoisotopic (exact) mass is 410 g/mol. The van der Waals surface area contributed by atoms with Gasteiger partial charge in [0.1, 0.15) is 19.3 Å². The van der Waals surface area contributed by atoms with Gasteiger partial charge in [0.25, 0.3) is 7.82 Å². The molecule has 0 heterocycles. The molecule has 0 bridgehead atoms.